The Balaban J connectivity index is 1.38. The van der Waals surface area contributed by atoms with Gasteiger partial charge in [-0.05, 0) is 67.6 Å². The molecule has 1 saturated heterocycles. The maximum atomic E-state index is 12.3. The van der Waals surface area contributed by atoms with E-state index >= 15 is 0 Å². The summed E-state index contributed by atoms with van der Waals surface area (Å²) >= 11 is 0. The molecule has 6 nitrogen and oxygen atoms in total. The predicted molar refractivity (Wildman–Crippen MR) is 119 cm³/mol. The Bertz CT molecular complexity index is 857. The average molecular weight is 408 g/mol. The Kier molecular flexibility index (Phi) is 7.74. The minimum atomic E-state index is -0.432. The molecule has 0 N–H and O–H groups in total. The van der Waals surface area contributed by atoms with Crippen LogP contribution in [0, 0.1) is 16.0 Å². The van der Waals surface area contributed by atoms with Crippen LogP contribution >= 0.6 is 0 Å². The third kappa shape index (κ3) is 6.52. The molecule has 3 rings (SSSR count). The highest BCUT2D eigenvalue weighted by Gasteiger charge is 2.20. The molecule has 1 heterocycles. The second-order valence-corrected chi connectivity index (χ2v) is 7.94. The number of carbonyl (C=O) groups excluding carboxylic acids is 1. The highest BCUT2D eigenvalue weighted by Crippen LogP contribution is 2.22. The number of non-ortho nitro benzene ring substituents is 1. The summed E-state index contributed by atoms with van der Waals surface area (Å²) in [7, 11) is 1.83. The van der Waals surface area contributed by atoms with Gasteiger partial charge < -0.3 is 4.90 Å². The lowest BCUT2D eigenvalue weighted by Crippen LogP contribution is -2.35. The average Bonchev–Trinajstić information content (AvgIpc) is 2.77. The number of likely N-dealkylation sites (N-methyl/N-ethyl adjacent to an activating group) is 1. The van der Waals surface area contributed by atoms with Gasteiger partial charge in [0.1, 0.15) is 0 Å². The first-order valence-corrected chi connectivity index (χ1v) is 10.4. The minimum absolute atomic E-state index is 0.0464. The summed E-state index contributed by atoms with van der Waals surface area (Å²) in [5, 5.41) is 10.7. The predicted octanol–water partition coefficient (Wildman–Crippen LogP) is 4.37. The van der Waals surface area contributed by atoms with Crippen LogP contribution in [0.4, 0.5) is 5.69 Å². The topological polar surface area (TPSA) is 66.7 Å². The van der Waals surface area contributed by atoms with Crippen LogP contribution in [-0.2, 0) is 11.3 Å². The first-order chi connectivity index (χ1) is 14.5. The van der Waals surface area contributed by atoms with E-state index in [1.54, 1.807) is 23.1 Å². The zero-order valence-corrected chi connectivity index (χ0v) is 17.4. The molecule has 0 bridgehead atoms. The van der Waals surface area contributed by atoms with Gasteiger partial charge in [0.15, 0.2) is 0 Å². The van der Waals surface area contributed by atoms with Gasteiger partial charge in [-0.25, -0.2) is 0 Å². The number of nitrogens with zero attached hydrogens (tertiary/aromatic N) is 3. The summed E-state index contributed by atoms with van der Waals surface area (Å²) in [6, 6.07) is 16.8. The molecule has 1 fully saturated rings. The van der Waals surface area contributed by atoms with Gasteiger partial charge in [-0.1, -0.05) is 30.3 Å². The molecule has 0 aliphatic carbocycles. The number of piperidine rings is 1. The van der Waals surface area contributed by atoms with E-state index in [-0.39, 0.29) is 11.6 Å². The zero-order chi connectivity index (χ0) is 21.3. The normalized spacial score (nSPS) is 15.4. The maximum Gasteiger partial charge on any atom is 0.269 e. The lowest BCUT2D eigenvalue weighted by Gasteiger charge is -2.32. The highest BCUT2D eigenvalue weighted by molar-refractivity contribution is 5.91. The molecule has 0 aromatic heterocycles. The van der Waals surface area contributed by atoms with Crippen LogP contribution in [0.1, 0.15) is 30.4 Å². The smallest absolute Gasteiger partial charge is 0.269 e. The zero-order valence-electron chi connectivity index (χ0n) is 17.4. The summed E-state index contributed by atoms with van der Waals surface area (Å²) in [6.07, 6.45) is 6.60. The number of nitro benzene ring substituents is 1. The van der Waals surface area contributed by atoms with E-state index in [4.69, 9.17) is 0 Å². The molecular formula is C24H29N3O3. The summed E-state index contributed by atoms with van der Waals surface area (Å²) in [6.45, 7) is 3.97. The Morgan fingerprint density at radius 2 is 1.80 bits per heavy atom. The molecule has 1 aliphatic heterocycles. The third-order valence-electron chi connectivity index (χ3n) is 5.73. The number of likely N-dealkylation sites (tertiary alicyclic amines) is 1. The van der Waals surface area contributed by atoms with E-state index in [0.717, 1.165) is 38.2 Å². The lowest BCUT2D eigenvalue weighted by atomic mass is 9.93. The van der Waals surface area contributed by atoms with Crippen molar-refractivity contribution < 1.29 is 9.72 Å². The molecule has 0 atom stereocenters. The van der Waals surface area contributed by atoms with Gasteiger partial charge >= 0.3 is 0 Å². The van der Waals surface area contributed by atoms with Crippen LogP contribution in [0.3, 0.4) is 0 Å². The summed E-state index contributed by atoms with van der Waals surface area (Å²) in [5.41, 5.74) is 2.18. The standard InChI is InChI=1S/C24H29N3O3/c1-25(24(28)12-9-20-7-10-23(11-8-20)27(29)30)16-13-21-14-17-26(18-15-21)19-22-5-3-2-4-6-22/h2-12,21H,13-19H2,1H3. The Morgan fingerprint density at radius 1 is 1.13 bits per heavy atom. The molecule has 0 unspecified atom stereocenters. The fraction of sp³-hybridized carbons (Fsp3) is 0.375. The molecule has 0 radical (unpaired) electrons. The fourth-order valence-corrected chi connectivity index (χ4v) is 3.76. The largest absolute Gasteiger partial charge is 0.342 e. The van der Waals surface area contributed by atoms with Crippen molar-refractivity contribution >= 4 is 17.7 Å². The monoisotopic (exact) mass is 407 g/mol. The van der Waals surface area contributed by atoms with Crippen molar-refractivity contribution in [3.63, 3.8) is 0 Å². The van der Waals surface area contributed by atoms with E-state index in [1.165, 1.54) is 36.6 Å². The molecule has 2 aromatic rings. The first-order valence-electron chi connectivity index (χ1n) is 10.4. The molecule has 0 saturated carbocycles. The Morgan fingerprint density at radius 3 is 2.43 bits per heavy atom. The molecule has 1 amide bonds. The number of nitro groups is 1. The number of hydrogen-bond donors (Lipinski definition) is 0. The van der Waals surface area contributed by atoms with Crippen molar-refractivity contribution in [1.82, 2.24) is 9.80 Å². The Hall–Kier alpha value is -2.99. The van der Waals surface area contributed by atoms with Gasteiger partial charge in [0.25, 0.3) is 5.69 Å². The van der Waals surface area contributed by atoms with Gasteiger partial charge in [-0.15, -0.1) is 0 Å². The van der Waals surface area contributed by atoms with Gasteiger partial charge in [-0.2, -0.15) is 0 Å². The minimum Gasteiger partial charge on any atom is -0.342 e. The first kappa shape index (κ1) is 21.7. The van der Waals surface area contributed by atoms with Crippen LogP contribution in [0.25, 0.3) is 6.08 Å². The van der Waals surface area contributed by atoms with Crippen LogP contribution in [0.2, 0.25) is 0 Å². The Labute approximate surface area is 178 Å². The number of amides is 1. The second kappa shape index (κ2) is 10.7. The van der Waals surface area contributed by atoms with Crippen molar-refractivity contribution in [2.75, 3.05) is 26.7 Å². The quantitative estimate of drug-likeness (QED) is 0.370. The van der Waals surface area contributed by atoms with E-state index in [0.29, 0.717) is 5.92 Å². The summed E-state index contributed by atoms with van der Waals surface area (Å²) < 4.78 is 0. The van der Waals surface area contributed by atoms with Crippen molar-refractivity contribution in [2.45, 2.75) is 25.8 Å². The fourth-order valence-electron chi connectivity index (χ4n) is 3.76. The highest BCUT2D eigenvalue weighted by atomic mass is 16.6. The van der Waals surface area contributed by atoms with E-state index in [2.05, 4.69) is 35.2 Å². The van der Waals surface area contributed by atoms with E-state index in [1.807, 2.05) is 7.05 Å². The molecule has 1 aliphatic rings. The SMILES string of the molecule is CN(CCC1CCN(Cc2ccccc2)CC1)C(=O)C=Cc1ccc([N+](=O)[O-])cc1. The van der Waals surface area contributed by atoms with E-state index < -0.39 is 4.92 Å². The molecular weight excluding hydrogens is 378 g/mol. The maximum absolute atomic E-state index is 12.3. The van der Waals surface area contributed by atoms with Gasteiger partial charge in [0, 0.05) is 38.3 Å². The number of hydrogen-bond acceptors (Lipinski definition) is 4. The number of rotatable bonds is 8. The van der Waals surface area contributed by atoms with Crippen molar-refractivity contribution in [3.8, 4) is 0 Å². The molecule has 158 valence electrons. The number of benzene rings is 2. The summed E-state index contributed by atoms with van der Waals surface area (Å²) in [4.78, 5) is 26.9. The van der Waals surface area contributed by atoms with Crippen LogP contribution < -0.4 is 0 Å². The van der Waals surface area contributed by atoms with Gasteiger partial charge in [-0.3, -0.25) is 19.8 Å². The second-order valence-electron chi connectivity index (χ2n) is 7.94. The molecule has 2 aromatic carbocycles. The summed E-state index contributed by atoms with van der Waals surface area (Å²) in [5.74, 6) is 0.612. The molecule has 6 heteroatoms. The lowest BCUT2D eigenvalue weighted by molar-refractivity contribution is -0.384. The van der Waals surface area contributed by atoms with Crippen molar-refractivity contribution in [1.29, 1.82) is 0 Å². The number of carbonyl (C=O) groups is 1. The van der Waals surface area contributed by atoms with Crippen LogP contribution in [-0.4, -0.2) is 47.3 Å². The van der Waals surface area contributed by atoms with Crippen LogP contribution in [0.5, 0.6) is 0 Å². The molecule has 30 heavy (non-hydrogen) atoms. The van der Waals surface area contributed by atoms with Gasteiger partial charge in [0.05, 0.1) is 4.92 Å². The van der Waals surface area contributed by atoms with Crippen molar-refractivity contribution in [2.24, 2.45) is 5.92 Å². The third-order valence-corrected chi connectivity index (χ3v) is 5.73. The van der Waals surface area contributed by atoms with Crippen molar-refractivity contribution in [3.05, 3.63) is 81.9 Å². The van der Waals surface area contributed by atoms with Gasteiger partial charge in [0.2, 0.25) is 5.91 Å². The molecule has 0 spiro atoms. The van der Waals surface area contributed by atoms with E-state index in [9.17, 15) is 14.9 Å². The van der Waals surface area contributed by atoms with Crippen LogP contribution in [0.15, 0.2) is 60.7 Å².